The summed E-state index contributed by atoms with van der Waals surface area (Å²) in [7, 11) is 0. The van der Waals surface area contributed by atoms with Gasteiger partial charge in [0.1, 0.15) is 0 Å². The van der Waals surface area contributed by atoms with E-state index in [4.69, 9.17) is 12.2 Å². The second-order valence-electron chi connectivity index (χ2n) is 5.05. The maximum atomic E-state index is 4.99. The van der Waals surface area contributed by atoms with Gasteiger partial charge in [0.2, 0.25) is 0 Å². The van der Waals surface area contributed by atoms with Crippen LogP contribution in [0.1, 0.15) is 39.5 Å². The van der Waals surface area contributed by atoms with Gasteiger partial charge in [-0.05, 0) is 49.7 Å². The zero-order valence-corrected chi connectivity index (χ0v) is 10.8. The van der Waals surface area contributed by atoms with Crippen LogP contribution in [0.3, 0.4) is 0 Å². The van der Waals surface area contributed by atoms with E-state index in [1.807, 2.05) is 6.20 Å². The fraction of sp³-hybridized carbons (Fsp3) is 0.615. The van der Waals surface area contributed by atoms with Gasteiger partial charge >= 0.3 is 0 Å². The molecule has 3 heteroatoms. The SMILES string of the molecule is CC(C)CC1=CCCC1CC1=CNC(=S)[N]1. The molecule has 1 unspecified atom stereocenters. The van der Waals surface area contributed by atoms with Gasteiger partial charge in [0, 0.05) is 6.20 Å². The number of nitrogens with one attached hydrogen (secondary N) is 1. The van der Waals surface area contributed by atoms with Crippen molar-refractivity contribution in [2.45, 2.75) is 39.5 Å². The van der Waals surface area contributed by atoms with Crippen molar-refractivity contribution in [3.05, 3.63) is 23.5 Å². The van der Waals surface area contributed by atoms with Crippen molar-refractivity contribution in [3.63, 3.8) is 0 Å². The molecule has 87 valence electrons. The monoisotopic (exact) mass is 235 g/mol. The highest BCUT2D eigenvalue weighted by Gasteiger charge is 2.23. The number of hydrogen-bond acceptors (Lipinski definition) is 1. The minimum absolute atomic E-state index is 0.613. The maximum Gasteiger partial charge on any atom is 0.197 e. The van der Waals surface area contributed by atoms with Gasteiger partial charge in [-0.3, -0.25) is 0 Å². The van der Waals surface area contributed by atoms with E-state index in [9.17, 15) is 0 Å². The highest BCUT2D eigenvalue weighted by atomic mass is 32.1. The predicted molar refractivity (Wildman–Crippen MR) is 70.8 cm³/mol. The molecule has 1 N–H and O–H groups in total. The average Bonchev–Trinajstić information content (AvgIpc) is 2.77. The lowest BCUT2D eigenvalue weighted by Gasteiger charge is -2.16. The van der Waals surface area contributed by atoms with Crippen LogP contribution in [0.25, 0.3) is 0 Å². The first-order chi connectivity index (χ1) is 7.65. The normalized spacial score (nSPS) is 24.2. The summed E-state index contributed by atoms with van der Waals surface area (Å²) in [6.07, 6.45) is 9.17. The summed E-state index contributed by atoms with van der Waals surface area (Å²) in [5.74, 6) is 1.45. The van der Waals surface area contributed by atoms with Crippen molar-refractivity contribution in [3.8, 4) is 0 Å². The van der Waals surface area contributed by atoms with Crippen LogP contribution >= 0.6 is 12.2 Å². The van der Waals surface area contributed by atoms with Crippen LogP contribution < -0.4 is 10.6 Å². The summed E-state index contributed by atoms with van der Waals surface area (Å²) in [4.78, 5) is 0. The molecule has 2 rings (SSSR count). The summed E-state index contributed by atoms with van der Waals surface area (Å²) >= 11 is 4.99. The summed E-state index contributed by atoms with van der Waals surface area (Å²) in [5, 5.41) is 7.92. The predicted octanol–water partition coefficient (Wildman–Crippen LogP) is 3.09. The molecule has 2 aliphatic rings. The molecule has 0 fully saturated rings. The lowest BCUT2D eigenvalue weighted by molar-refractivity contribution is 0.530. The third kappa shape index (κ3) is 2.85. The highest BCUT2D eigenvalue weighted by Crippen LogP contribution is 2.34. The Kier molecular flexibility index (Phi) is 3.64. The zero-order valence-electron chi connectivity index (χ0n) is 9.99. The van der Waals surface area contributed by atoms with Crippen LogP contribution in [0, 0.1) is 11.8 Å². The van der Waals surface area contributed by atoms with E-state index >= 15 is 0 Å². The molecule has 0 aromatic rings. The molecule has 0 saturated carbocycles. The van der Waals surface area contributed by atoms with Gasteiger partial charge in [0.25, 0.3) is 0 Å². The molecular weight excluding hydrogens is 216 g/mol. The second kappa shape index (κ2) is 5.00. The van der Waals surface area contributed by atoms with Crippen LogP contribution in [0.5, 0.6) is 0 Å². The number of hydrogen-bond donors (Lipinski definition) is 1. The van der Waals surface area contributed by atoms with Gasteiger partial charge in [-0.1, -0.05) is 25.5 Å². The molecule has 0 aromatic carbocycles. The molecule has 1 radical (unpaired) electrons. The van der Waals surface area contributed by atoms with Crippen LogP contribution in [0.2, 0.25) is 0 Å². The Balaban J connectivity index is 1.90. The van der Waals surface area contributed by atoms with Crippen LogP contribution in [-0.4, -0.2) is 5.11 Å². The van der Waals surface area contributed by atoms with E-state index in [1.54, 1.807) is 5.57 Å². The topological polar surface area (TPSA) is 26.1 Å². The third-order valence-corrected chi connectivity index (χ3v) is 3.36. The van der Waals surface area contributed by atoms with Gasteiger partial charge in [-0.2, -0.15) is 0 Å². The lowest BCUT2D eigenvalue weighted by Crippen LogP contribution is -2.16. The maximum absolute atomic E-state index is 4.99. The van der Waals surface area contributed by atoms with E-state index in [2.05, 4.69) is 30.6 Å². The first-order valence-corrected chi connectivity index (χ1v) is 6.46. The van der Waals surface area contributed by atoms with Gasteiger partial charge in [0.05, 0.1) is 5.70 Å². The largest absolute Gasteiger partial charge is 0.336 e. The molecular formula is C13H19N2S. The molecule has 0 bridgehead atoms. The molecule has 2 nitrogen and oxygen atoms in total. The summed E-state index contributed by atoms with van der Waals surface area (Å²) in [5.41, 5.74) is 2.75. The van der Waals surface area contributed by atoms with Crippen molar-refractivity contribution in [1.82, 2.24) is 10.6 Å². The van der Waals surface area contributed by atoms with E-state index in [1.165, 1.54) is 19.3 Å². The quantitative estimate of drug-likeness (QED) is 0.598. The van der Waals surface area contributed by atoms with Crippen molar-refractivity contribution in [1.29, 1.82) is 0 Å². The summed E-state index contributed by atoms with van der Waals surface area (Å²) < 4.78 is 0. The summed E-state index contributed by atoms with van der Waals surface area (Å²) in [6.45, 7) is 4.57. The van der Waals surface area contributed by atoms with E-state index in [0.29, 0.717) is 11.0 Å². The Hall–Kier alpha value is -0.830. The fourth-order valence-electron chi connectivity index (χ4n) is 2.47. The molecule has 0 saturated heterocycles. The van der Waals surface area contributed by atoms with Gasteiger partial charge < -0.3 is 5.32 Å². The molecule has 1 aliphatic heterocycles. The molecule has 0 amide bonds. The Bertz CT molecular complexity index is 342. The van der Waals surface area contributed by atoms with E-state index in [0.717, 1.165) is 18.0 Å². The van der Waals surface area contributed by atoms with E-state index < -0.39 is 0 Å². The molecule has 16 heavy (non-hydrogen) atoms. The molecule has 1 heterocycles. The Morgan fingerprint density at radius 2 is 2.38 bits per heavy atom. The Labute approximate surface area is 103 Å². The van der Waals surface area contributed by atoms with Crippen LogP contribution in [0.4, 0.5) is 0 Å². The Morgan fingerprint density at radius 3 is 3.00 bits per heavy atom. The molecule has 1 atom stereocenters. The van der Waals surface area contributed by atoms with Gasteiger partial charge in [-0.15, -0.1) is 0 Å². The molecule has 0 spiro atoms. The average molecular weight is 235 g/mol. The number of allylic oxidation sites excluding steroid dienone is 3. The molecule has 0 aromatic heterocycles. The number of rotatable bonds is 4. The van der Waals surface area contributed by atoms with Gasteiger partial charge in [-0.25, -0.2) is 5.32 Å². The van der Waals surface area contributed by atoms with Crippen LogP contribution in [0.15, 0.2) is 23.5 Å². The number of nitrogens with zero attached hydrogens (tertiary/aromatic N) is 1. The highest BCUT2D eigenvalue weighted by molar-refractivity contribution is 7.80. The van der Waals surface area contributed by atoms with E-state index in [-0.39, 0.29) is 0 Å². The second-order valence-corrected chi connectivity index (χ2v) is 5.44. The minimum Gasteiger partial charge on any atom is -0.336 e. The fourth-order valence-corrected chi connectivity index (χ4v) is 2.65. The van der Waals surface area contributed by atoms with Crippen molar-refractivity contribution in [2.75, 3.05) is 0 Å². The standard InChI is InChI=1S/C13H19N2S/c1-9(2)6-10-4-3-5-11(10)7-12-8-14-13(16)15-12/h4,8-9,11H,3,5-7H2,1-2H3,(H,14,16). The minimum atomic E-state index is 0.613. The molecule has 1 aliphatic carbocycles. The smallest absolute Gasteiger partial charge is 0.197 e. The van der Waals surface area contributed by atoms with Crippen molar-refractivity contribution < 1.29 is 0 Å². The Morgan fingerprint density at radius 1 is 1.56 bits per heavy atom. The first-order valence-electron chi connectivity index (χ1n) is 6.05. The third-order valence-electron chi connectivity index (χ3n) is 3.15. The number of thiocarbonyl (C=S) groups is 1. The summed E-state index contributed by atoms with van der Waals surface area (Å²) in [6, 6.07) is 0. The lowest BCUT2D eigenvalue weighted by atomic mass is 9.90. The van der Waals surface area contributed by atoms with Crippen molar-refractivity contribution in [2.24, 2.45) is 11.8 Å². The first kappa shape index (κ1) is 11.6. The van der Waals surface area contributed by atoms with Crippen LogP contribution in [-0.2, 0) is 0 Å². The van der Waals surface area contributed by atoms with Crippen molar-refractivity contribution >= 4 is 17.3 Å². The van der Waals surface area contributed by atoms with Gasteiger partial charge in [0.15, 0.2) is 5.11 Å². The zero-order chi connectivity index (χ0) is 11.5.